The molecule has 2 rings (SSSR count). The predicted molar refractivity (Wildman–Crippen MR) is 78.1 cm³/mol. The lowest BCUT2D eigenvalue weighted by atomic mass is 9.77. The van der Waals surface area contributed by atoms with Gasteiger partial charge in [-0.15, -0.1) is 0 Å². The van der Waals surface area contributed by atoms with Crippen LogP contribution in [0.3, 0.4) is 0 Å². The van der Waals surface area contributed by atoms with Gasteiger partial charge in [0.05, 0.1) is 17.8 Å². The molecule has 0 radical (unpaired) electrons. The molecule has 1 saturated heterocycles. The van der Waals surface area contributed by atoms with Gasteiger partial charge in [-0.05, 0) is 47.6 Å². The molecule has 0 saturated carbocycles. The maximum atomic E-state index is 6.09. The minimum atomic E-state index is -0.369. The zero-order valence-corrected chi connectivity index (χ0v) is 12.7. The highest BCUT2D eigenvalue weighted by Gasteiger charge is 2.52. The van der Waals surface area contributed by atoms with Crippen molar-refractivity contribution < 1.29 is 14.0 Å². The maximum Gasteiger partial charge on any atom is 0.498 e. The summed E-state index contributed by atoms with van der Waals surface area (Å²) in [4.78, 5) is 0. The third kappa shape index (κ3) is 2.65. The molecule has 0 unspecified atom stereocenters. The standard InChI is InChI=1S/C15H23BO3/c1-7-17-13-9-8-11(2)10-12(13)16-18-14(3,4)15(5,6)19-16/h8-10H,7H2,1-6H3. The molecule has 104 valence electrons. The van der Waals surface area contributed by atoms with Crippen LogP contribution in [0.2, 0.25) is 0 Å². The highest BCUT2D eigenvalue weighted by atomic mass is 16.7. The van der Waals surface area contributed by atoms with Crippen LogP contribution in [0.1, 0.15) is 40.2 Å². The fourth-order valence-corrected chi connectivity index (χ4v) is 2.11. The molecule has 1 aliphatic rings. The van der Waals surface area contributed by atoms with Gasteiger partial charge in [-0.25, -0.2) is 0 Å². The van der Waals surface area contributed by atoms with Crippen molar-refractivity contribution in [3.05, 3.63) is 23.8 Å². The van der Waals surface area contributed by atoms with Crippen molar-refractivity contribution in [2.45, 2.75) is 52.7 Å². The fraction of sp³-hybridized carbons (Fsp3) is 0.600. The number of benzene rings is 1. The number of hydrogen-bond donors (Lipinski definition) is 0. The summed E-state index contributed by atoms with van der Waals surface area (Å²) in [6.07, 6.45) is 0. The van der Waals surface area contributed by atoms with Crippen LogP contribution in [0.15, 0.2) is 18.2 Å². The first-order valence-electron chi connectivity index (χ1n) is 6.86. The van der Waals surface area contributed by atoms with Crippen LogP contribution in [0.4, 0.5) is 0 Å². The summed E-state index contributed by atoms with van der Waals surface area (Å²) in [5, 5.41) is 0. The summed E-state index contributed by atoms with van der Waals surface area (Å²) in [7, 11) is -0.369. The molecule has 19 heavy (non-hydrogen) atoms. The van der Waals surface area contributed by atoms with Crippen molar-refractivity contribution in [1.29, 1.82) is 0 Å². The summed E-state index contributed by atoms with van der Waals surface area (Å²) in [6.45, 7) is 12.9. The molecule has 0 aromatic heterocycles. The molecule has 1 aliphatic heterocycles. The average Bonchev–Trinajstić information content (AvgIpc) is 2.51. The van der Waals surface area contributed by atoms with Gasteiger partial charge in [0.15, 0.2) is 0 Å². The van der Waals surface area contributed by atoms with E-state index < -0.39 is 0 Å². The molecule has 1 aromatic rings. The Morgan fingerprint density at radius 2 is 1.68 bits per heavy atom. The zero-order valence-electron chi connectivity index (χ0n) is 12.7. The highest BCUT2D eigenvalue weighted by Crippen LogP contribution is 2.37. The molecular weight excluding hydrogens is 239 g/mol. The Morgan fingerprint density at radius 3 is 2.21 bits per heavy atom. The summed E-state index contributed by atoms with van der Waals surface area (Å²) in [5.41, 5.74) is 1.49. The predicted octanol–water partition coefficient (Wildman–Crippen LogP) is 2.69. The van der Waals surface area contributed by atoms with E-state index in [2.05, 4.69) is 40.7 Å². The Labute approximate surface area is 116 Å². The molecule has 1 heterocycles. The molecule has 0 amide bonds. The topological polar surface area (TPSA) is 27.7 Å². The van der Waals surface area contributed by atoms with Gasteiger partial charge in [-0.1, -0.05) is 17.7 Å². The molecule has 0 spiro atoms. The van der Waals surface area contributed by atoms with Gasteiger partial charge in [0.1, 0.15) is 5.75 Å². The van der Waals surface area contributed by atoms with E-state index in [-0.39, 0.29) is 18.3 Å². The second-order valence-corrected chi connectivity index (χ2v) is 6.06. The van der Waals surface area contributed by atoms with Gasteiger partial charge >= 0.3 is 7.12 Å². The van der Waals surface area contributed by atoms with Crippen molar-refractivity contribution in [2.75, 3.05) is 6.61 Å². The third-order valence-electron chi connectivity index (χ3n) is 3.97. The Morgan fingerprint density at radius 1 is 1.11 bits per heavy atom. The molecule has 0 aliphatic carbocycles. The molecule has 0 atom stereocenters. The first kappa shape index (κ1) is 14.4. The van der Waals surface area contributed by atoms with Crippen LogP contribution in [0.25, 0.3) is 0 Å². The van der Waals surface area contributed by atoms with Crippen LogP contribution >= 0.6 is 0 Å². The lowest BCUT2D eigenvalue weighted by Gasteiger charge is -2.32. The van der Waals surface area contributed by atoms with Crippen LogP contribution in [0, 0.1) is 6.92 Å². The Bertz CT molecular complexity index is 452. The van der Waals surface area contributed by atoms with Crippen molar-refractivity contribution in [1.82, 2.24) is 0 Å². The second-order valence-electron chi connectivity index (χ2n) is 6.06. The molecule has 1 fully saturated rings. The number of ether oxygens (including phenoxy) is 1. The van der Waals surface area contributed by atoms with Crippen molar-refractivity contribution in [3.63, 3.8) is 0 Å². The second kappa shape index (κ2) is 4.84. The number of aryl methyl sites for hydroxylation is 1. The van der Waals surface area contributed by atoms with Crippen molar-refractivity contribution in [3.8, 4) is 5.75 Å². The normalized spacial score (nSPS) is 20.6. The number of rotatable bonds is 3. The van der Waals surface area contributed by atoms with E-state index in [9.17, 15) is 0 Å². The Balaban J connectivity index is 2.35. The molecule has 1 aromatic carbocycles. The monoisotopic (exact) mass is 262 g/mol. The number of hydrogen-bond acceptors (Lipinski definition) is 3. The molecular formula is C15H23BO3. The lowest BCUT2D eigenvalue weighted by Crippen LogP contribution is -2.41. The third-order valence-corrected chi connectivity index (χ3v) is 3.97. The smallest absolute Gasteiger partial charge is 0.494 e. The maximum absolute atomic E-state index is 6.09. The van der Waals surface area contributed by atoms with Crippen LogP contribution in [-0.4, -0.2) is 24.9 Å². The van der Waals surface area contributed by atoms with E-state index in [4.69, 9.17) is 14.0 Å². The average molecular weight is 262 g/mol. The van der Waals surface area contributed by atoms with E-state index in [0.717, 1.165) is 11.2 Å². The largest absolute Gasteiger partial charge is 0.498 e. The SMILES string of the molecule is CCOc1ccc(C)cc1B1OC(C)(C)C(C)(C)O1. The summed E-state index contributed by atoms with van der Waals surface area (Å²) in [6, 6.07) is 6.10. The Hall–Kier alpha value is -0.995. The van der Waals surface area contributed by atoms with E-state index >= 15 is 0 Å². The fourth-order valence-electron chi connectivity index (χ4n) is 2.11. The lowest BCUT2D eigenvalue weighted by molar-refractivity contribution is 0.00578. The molecule has 3 nitrogen and oxygen atoms in total. The molecule has 4 heteroatoms. The van der Waals surface area contributed by atoms with Gasteiger partial charge in [0, 0.05) is 5.46 Å². The van der Waals surface area contributed by atoms with Gasteiger partial charge in [0.2, 0.25) is 0 Å². The first-order chi connectivity index (χ1) is 8.77. The van der Waals surface area contributed by atoms with Crippen LogP contribution in [-0.2, 0) is 9.31 Å². The Kier molecular flexibility index (Phi) is 3.67. The van der Waals surface area contributed by atoms with Gasteiger partial charge < -0.3 is 14.0 Å². The minimum Gasteiger partial charge on any atom is -0.494 e. The van der Waals surface area contributed by atoms with Crippen molar-refractivity contribution >= 4 is 12.6 Å². The summed E-state index contributed by atoms with van der Waals surface area (Å²) >= 11 is 0. The summed E-state index contributed by atoms with van der Waals surface area (Å²) in [5.74, 6) is 0.839. The van der Waals surface area contributed by atoms with Crippen LogP contribution < -0.4 is 10.2 Å². The zero-order chi connectivity index (χ0) is 14.3. The highest BCUT2D eigenvalue weighted by molar-refractivity contribution is 6.63. The van der Waals surface area contributed by atoms with Crippen molar-refractivity contribution in [2.24, 2.45) is 0 Å². The van der Waals surface area contributed by atoms with Crippen LogP contribution in [0.5, 0.6) is 5.75 Å². The molecule has 0 N–H and O–H groups in total. The van der Waals surface area contributed by atoms with Gasteiger partial charge in [-0.2, -0.15) is 0 Å². The van der Waals surface area contributed by atoms with E-state index in [1.54, 1.807) is 0 Å². The van der Waals surface area contributed by atoms with Gasteiger partial charge in [-0.3, -0.25) is 0 Å². The minimum absolute atomic E-state index is 0.328. The summed E-state index contributed by atoms with van der Waals surface area (Å²) < 4.78 is 17.9. The van der Waals surface area contributed by atoms with E-state index in [1.807, 2.05) is 19.1 Å². The quantitative estimate of drug-likeness (QED) is 0.784. The van der Waals surface area contributed by atoms with E-state index in [1.165, 1.54) is 5.56 Å². The first-order valence-corrected chi connectivity index (χ1v) is 6.86. The van der Waals surface area contributed by atoms with E-state index in [0.29, 0.717) is 6.61 Å². The molecule has 0 bridgehead atoms. The van der Waals surface area contributed by atoms with Gasteiger partial charge in [0.25, 0.3) is 0 Å².